The number of furan rings is 1. The van der Waals surface area contributed by atoms with E-state index in [1.54, 1.807) is 0 Å². The molecule has 0 aliphatic heterocycles. The third-order valence-electron chi connectivity index (χ3n) is 8.45. The molecule has 1 heterocycles. The van der Waals surface area contributed by atoms with Gasteiger partial charge in [-0.1, -0.05) is 105 Å². The van der Waals surface area contributed by atoms with Gasteiger partial charge in [-0.25, -0.2) is 0 Å². The predicted octanol–water partition coefficient (Wildman–Crippen LogP) is 10.5. The number of hydrogen-bond donors (Lipinski definition) is 1. The maximum absolute atomic E-state index is 6.53. The maximum Gasteiger partial charge on any atom is 0.158 e. The Labute approximate surface area is 227 Å². The molecule has 0 atom stereocenters. The molecular formula is C37H27NO. The number of anilines is 2. The number of nitrogens with one attached hydrogen (secondary N) is 1. The van der Waals surface area contributed by atoms with Gasteiger partial charge in [0, 0.05) is 27.3 Å². The highest BCUT2D eigenvalue weighted by molar-refractivity contribution is 6.17. The van der Waals surface area contributed by atoms with Crippen LogP contribution in [0.3, 0.4) is 0 Å². The number of fused-ring (bicyclic) bond motifs is 8. The van der Waals surface area contributed by atoms with Crippen LogP contribution in [0.25, 0.3) is 55.0 Å². The van der Waals surface area contributed by atoms with Crippen molar-refractivity contribution in [3.8, 4) is 22.3 Å². The Morgan fingerprint density at radius 3 is 2.23 bits per heavy atom. The van der Waals surface area contributed by atoms with E-state index >= 15 is 0 Å². The average molecular weight is 502 g/mol. The van der Waals surface area contributed by atoms with Crippen molar-refractivity contribution in [2.45, 2.75) is 19.3 Å². The third kappa shape index (κ3) is 3.28. The fourth-order valence-electron chi connectivity index (χ4n) is 6.44. The fraction of sp³-hybridized carbons (Fsp3) is 0.0811. The van der Waals surface area contributed by atoms with Crippen molar-refractivity contribution in [2.75, 3.05) is 5.32 Å². The molecule has 0 radical (unpaired) electrons. The second kappa shape index (κ2) is 8.09. The van der Waals surface area contributed by atoms with Crippen LogP contribution in [0, 0.1) is 0 Å². The Morgan fingerprint density at radius 2 is 1.28 bits per heavy atom. The smallest absolute Gasteiger partial charge is 0.158 e. The summed E-state index contributed by atoms with van der Waals surface area (Å²) in [6.45, 7) is 4.66. The molecule has 1 aliphatic rings. The molecular weight excluding hydrogens is 474 g/mol. The fourth-order valence-corrected chi connectivity index (χ4v) is 6.44. The zero-order chi connectivity index (χ0) is 26.1. The number of benzene rings is 6. The Balaban J connectivity index is 1.19. The summed E-state index contributed by atoms with van der Waals surface area (Å²) in [4.78, 5) is 0. The van der Waals surface area contributed by atoms with Crippen molar-refractivity contribution in [3.05, 3.63) is 132 Å². The lowest BCUT2D eigenvalue weighted by atomic mass is 9.81. The first-order chi connectivity index (χ1) is 19.1. The van der Waals surface area contributed by atoms with Gasteiger partial charge in [-0.15, -0.1) is 0 Å². The van der Waals surface area contributed by atoms with Crippen LogP contribution in [0.2, 0.25) is 0 Å². The van der Waals surface area contributed by atoms with Gasteiger partial charge in [0.1, 0.15) is 5.58 Å². The first-order valence-electron chi connectivity index (χ1n) is 13.5. The van der Waals surface area contributed by atoms with Crippen LogP contribution in [0.1, 0.15) is 25.0 Å². The molecule has 0 saturated heterocycles. The molecule has 6 aromatic carbocycles. The Morgan fingerprint density at radius 1 is 0.538 bits per heavy atom. The molecule has 0 bridgehead atoms. The van der Waals surface area contributed by atoms with Crippen LogP contribution >= 0.6 is 0 Å². The largest absolute Gasteiger partial charge is 0.453 e. The van der Waals surface area contributed by atoms with Crippen molar-refractivity contribution in [1.82, 2.24) is 0 Å². The van der Waals surface area contributed by atoms with E-state index < -0.39 is 0 Å². The van der Waals surface area contributed by atoms with E-state index in [4.69, 9.17) is 4.42 Å². The summed E-state index contributed by atoms with van der Waals surface area (Å²) in [5.74, 6) is 0. The van der Waals surface area contributed by atoms with E-state index in [9.17, 15) is 0 Å². The van der Waals surface area contributed by atoms with Gasteiger partial charge in [0.2, 0.25) is 0 Å². The van der Waals surface area contributed by atoms with Crippen LogP contribution in [0.4, 0.5) is 11.4 Å². The first kappa shape index (κ1) is 22.2. The van der Waals surface area contributed by atoms with E-state index in [0.29, 0.717) is 0 Å². The SMILES string of the molecule is CC1(C)c2ccccc2-c2ccc(-c3cccc(Nc4cccc5c4oc4c6ccccc6ccc54)c3)cc21. The summed E-state index contributed by atoms with van der Waals surface area (Å²) in [6.07, 6.45) is 0. The third-order valence-corrected chi connectivity index (χ3v) is 8.45. The van der Waals surface area contributed by atoms with Crippen molar-refractivity contribution in [3.63, 3.8) is 0 Å². The predicted molar refractivity (Wildman–Crippen MR) is 164 cm³/mol. The summed E-state index contributed by atoms with van der Waals surface area (Å²) >= 11 is 0. The molecule has 0 fully saturated rings. The lowest BCUT2D eigenvalue weighted by Gasteiger charge is -2.22. The van der Waals surface area contributed by atoms with Crippen molar-refractivity contribution in [2.24, 2.45) is 0 Å². The highest BCUT2D eigenvalue weighted by Crippen LogP contribution is 2.49. The molecule has 0 amide bonds. The molecule has 1 aliphatic carbocycles. The minimum atomic E-state index is -0.0150. The van der Waals surface area contributed by atoms with Crippen LogP contribution in [0.5, 0.6) is 0 Å². The molecule has 8 rings (SSSR count). The number of para-hydroxylation sites is 1. The molecule has 0 spiro atoms. The Hall–Kier alpha value is -4.82. The number of hydrogen-bond acceptors (Lipinski definition) is 2. The molecule has 2 nitrogen and oxygen atoms in total. The van der Waals surface area contributed by atoms with Crippen LogP contribution in [-0.4, -0.2) is 0 Å². The summed E-state index contributed by atoms with van der Waals surface area (Å²) in [5, 5.41) is 8.25. The van der Waals surface area contributed by atoms with E-state index in [1.807, 2.05) is 0 Å². The zero-order valence-corrected chi connectivity index (χ0v) is 22.0. The topological polar surface area (TPSA) is 25.2 Å². The molecule has 186 valence electrons. The van der Waals surface area contributed by atoms with Gasteiger partial charge >= 0.3 is 0 Å². The highest BCUT2D eigenvalue weighted by Gasteiger charge is 2.35. The van der Waals surface area contributed by atoms with E-state index in [1.165, 1.54) is 38.8 Å². The molecule has 7 aromatic rings. The summed E-state index contributed by atoms with van der Waals surface area (Å²) < 4.78 is 6.53. The van der Waals surface area contributed by atoms with Crippen molar-refractivity contribution in [1.29, 1.82) is 0 Å². The molecule has 1 N–H and O–H groups in total. The molecule has 0 unspecified atom stereocenters. The van der Waals surface area contributed by atoms with Crippen LogP contribution < -0.4 is 5.32 Å². The first-order valence-corrected chi connectivity index (χ1v) is 13.5. The maximum atomic E-state index is 6.53. The summed E-state index contributed by atoms with van der Waals surface area (Å²) in [6, 6.07) is 43.4. The minimum Gasteiger partial charge on any atom is -0.453 e. The molecule has 39 heavy (non-hydrogen) atoms. The summed E-state index contributed by atoms with van der Waals surface area (Å²) in [5.41, 5.74) is 11.7. The van der Waals surface area contributed by atoms with E-state index in [0.717, 1.165) is 38.7 Å². The van der Waals surface area contributed by atoms with Crippen LogP contribution in [0.15, 0.2) is 126 Å². The average Bonchev–Trinajstić information content (AvgIpc) is 3.47. The summed E-state index contributed by atoms with van der Waals surface area (Å²) in [7, 11) is 0. The standard InChI is InChI=1S/C37H27NO/c1-37(2)32-15-6-5-13-28(32)29-19-18-25(22-33(29)37)24-10-7-11-26(21-24)38-34-16-8-14-30-31-20-17-23-9-3-4-12-27(23)35(31)39-36(30)34/h3-22,38H,1-2H3. The van der Waals surface area contributed by atoms with Gasteiger partial charge in [-0.3, -0.25) is 0 Å². The molecule has 2 heteroatoms. The van der Waals surface area contributed by atoms with E-state index in [-0.39, 0.29) is 5.41 Å². The van der Waals surface area contributed by atoms with Gasteiger partial charge in [0.15, 0.2) is 5.58 Å². The normalized spacial score (nSPS) is 13.6. The van der Waals surface area contributed by atoms with E-state index in [2.05, 4.69) is 140 Å². The van der Waals surface area contributed by atoms with Gasteiger partial charge in [0.05, 0.1) is 5.69 Å². The monoisotopic (exact) mass is 501 g/mol. The molecule has 0 saturated carbocycles. The molecule has 1 aromatic heterocycles. The number of rotatable bonds is 3. The van der Waals surface area contributed by atoms with Crippen molar-refractivity contribution >= 4 is 44.1 Å². The van der Waals surface area contributed by atoms with Gasteiger partial charge in [0.25, 0.3) is 0 Å². The lowest BCUT2D eigenvalue weighted by molar-refractivity contribution is 0.660. The van der Waals surface area contributed by atoms with Gasteiger partial charge in [-0.2, -0.15) is 0 Å². The second-order valence-electron chi connectivity index (χ2n) is 11.1. The highest BCUT2D eigenvalue weighted by atomic mass is 16.3. The van der Waals surface area contributed by atoms with Crippen LogP contribution in [-0.2, 0) is 5.41 Å². The Bertz CT molecular complexity index is 2080. The van der Waals surface area contributed by atoms with Crippen molar-refractivity contribution < 1.29 is 4.42 Å². The second-order valence-corrected chi connectivity index (χ2v) is 11.1. The lowest BCUT2D eigenvalue weighted by Crippen LogP contribution is -2.14. The van der Waals surface area contributed by atoms with Gasteiger partial charge < -0.3 is 9.73 Å². The van der Waals surface area contributed by atoms with Gasteiger partial charge in [-0.05, 0) is 69.1 Å². The Kier molecular flexibility index (Phi) is 4.60. The minimum absolute atomic E-state index is 0.0150. The quantitative estimate of drug-likeness (QED) is 0.260. The zero-order valence-electron chi connectivity index (χ0n) is 22.0.